The monoisotopic (exact) mass is 275 g/mol. The van der Waals surface area contributed by atoms with Crippen molar-refractivity contribution in [3.8, 4) is 11.5 Å². The summed E-state index contributed by atoms with van der Waals surface area (Å²) in [5.74, 6) is 0.813. The number of halogens is 1. The van der Waals surface area contributed by atoms with E-state index in [1.54, 1.807) is 37.6 Å². The van der Waals surface area contributed by atoms with Gasteiger partial charge in [0.25, 0.3) is 0 Å². The summed E-state index contributed by atoms with van der Waals surface area (Å²) in [6, 6.07) is 10.6. The van der Waals surface area contributed by atoms with Gasteiger partial charge in [-0.15, -0.1) is 0 Å². The Kier molecular flexibility index (Phi) is 4.07. The van der Waals surface area contributed by atoms with Crippen LogP contribution in [-0.4, -0.2) is 18.4 Å². The summed E-state index contributed by atoms with van der Waals surface area (Å²) >= 11 is 6.02. The maximum atomic E-state index is 9.71. The second-order valence-electron chi connectivity index (χ2n) is 4.14. The van der Waals surface area contributed by atoms with Crippen LogP contribution < -0.4 is 4.74 Å². The fourth-order valence-corrected chi connectivity index (χ4v) is 1.91. The van der Waals surface area contributed by atoms with Crippen molar-refractivity contribution in [3.63, 3.8) is 0 Å². The molecule has 0 aliphatic carbocycles. The van der Waals surface area contributed by atoms with Crippen LogP contribution in [0.1, 0.15) is 11.1 Å². The zero-order valence-electron chi connectivity index (χ0n) is 10.7. The molecule has 0 radical (unpaired) electrons. The number of aliphatic imine (C=N–C) groups is 1. The van der Waals surface area contributed by atoms with Gasteiger partial charge in [-0.05, 0) is 37.3 Å². The van der Waals surface area contributed by atoms with Gasteiger partial charge in [0.15, 0.2) is 0 Å². The first-order valence-electron chi connectivity index (χ1n) is 5.77. The van der Waals surface area contributed by atoms with E-state index >= 15 is 0 Å². The molecule has 2 rings (SSSR count). The van der Waals surface area contributed by atoms with Gasteiger partial charge in [0.2, 0.25) is 0 Å². The number of benzene rings is 2. The molecule has 0 aromatic heterocycles. The Morgan fingerprint density at radius 3 is 2.68 bits per heavy atom. The third-order valence-corrected chi connectivity index (χ3v) is 2.97. The minimum absolute atomic E-state index is 0.203. The lowest BCUT2D eigenvalue weighted by atomic mass is 10.1. The van der Waals surface area contributed by atoms with E-state index in [0.717, 1.165) is 5.56 Å². The maximum Gasteiger partial charge on any atom is 0.137 e. The highest BCUT2D eigenvalue weighted by molar-refractivity contribution is 6.32. The van der Waals surface area contributed by atoms with Gasteiger partial charge in [-0.25, -0.2) is 0 Å². The van der Waals surface area contributed by atoms with Crippen molar-refractivity contribution in [2.45, 2.75) is 6.92 Å². The summed E-state index contributed by atoms with van der Waals surface area (Å²) in [4.78, 5) is 4.29. The van der Waals surface area contributed by atoms with Crippen LogP contribution in [-0.2, 0) is 0 Å². The summed E-state index contributed by atoms with van der Waals surface area (Å²) in [5, 5.41) is 10.2. The molecule has 0 aliphatic heterocycles. The van der Waals surface area contributed by atoms with Gasteiger partial charge in [0.05, 0.1) is 17.8 Å². The highest BCUT2D eigenvalue weighted by atomic mass is 35.5. The normalized spacial score (nSPS) is 10.9. The Balaban J connectivity index is 2.27. The van der Waals surface area contributed by atoms with Crippen molar-refractivity contribution in [1.29, 1.82) is 0 Å². The van der Waals surface area contributed by atoms with E-state index in [-0.39, 0.29) is 5.75 Å². The molecule has 0 atom stereocenters. The predicted molar refractivity (Wildman–Crippen MR) is 78.1 cm³/mol. The number of phenolic OH excluding ortho intramolecular Hbond substituents is 1. The summed E-state index contributed by atoms with van der Waals surface area (Å²) < 4.78 is 5.07. The van der Waals surface area contributed by atoms with Gasteiger partial charge >= 0.3 is 0 Å². The molecule has 0 unspecified atom stereocenters. The van der Waals surface area contributed by atoms with Crippen LogP contribution >= 0.6 is 11.6 Å². The molecule has 0 bridgehead atoms. The lowest BCUT2D eigenvalue weighted by Crippen LogP contribution is -1.85. The summed E-state index contributed by atoms with van der Waals surface area (Å²) in [6.07, 6.45) is 1.61. The van der Waals surface area contributed by atoms with Crippen LogP contribution in [0.4, 0.5) is 5.69 Å². The lowest BCUT2D eigenvalue weighted by molar-refractivity contribution is 0.415. The fraction of sp³-hybridized carbons (Fsp3) is 0.133. The minimum atomic E-state index is 0.203. The summed E-state index contributed by atoms with van der Waals surface area (Å²) in [6.45, 7) is 1.96. The molecule has 2 aromatic carbocycles. The number of ether oxygens (including phenoxy) is 1. The molecular formula is C15H14ClNO2. The van der Waals surface area contributed by atoms with E-state index < -0.39 is 0 Å². The molecule has 0 aliphatic rings. The van der Waals surface area contributed by atoms with E-state index in [1.165, 1.54) is 0 Å². The van der Waals surface area contributed by atoms with Crippen LogP contribution in [0.2, 0.25) is 5.02 Å². The van der Waals surface area contributed by atoms with E-state index in [1.807, 2.05) is 19.1 Å². The van der Waals surface area contributed by atoms with Gasteiger partial charge in [0, 0.05) is 11.8 Å². The lowest BCUT2D eigenvalue weighted by Gasteiger charge is -2.03. The van der Waals surface area contributed by atoms with Crippen LogP contribution in [0.15, 0.2) is 41.4 Å². The van der Waals surface area contributed by atoms with E-state index in [4.69, 9.17) is 16.3 Å². The largest absolute Gasteiger partial charge is 0.507 e. The highest BCUT2D eigenvalue weighted by Crippen LogP contribution is 2.28. The fourth-order valence-electron chi connectivity index (χ4n) is 1.66. The Labute approximate surface area is 117 Å². The van der Waals surface area contributed by atoms with Crippen LogP contribution in [0.25, 0.3) is 0 Å². The first-order chi connectivity index (χ1) is 9.10. The quantitative estimate of drug-likeness (QED) is 0.857. The molecule has 4 heteroatoms. The highest BCUT2D eigenvalue weighted by Gasteiger charge is 2.01. The molecule has 19 heavy (non-hydrogen) atoms. The van der Waals surface area contributed by atoms with Crippen LogP contribution in [0, 0.1) is 6.92 Å². The second kappa shape index (κ2) is 5.76. The third-order valence-electron chi connectivity index (χ3n) is 2.67. The number of hydrogen-bond donors (Lipinski definition) is 1. The van der Waals surface area contributed by atoms with Gasteiger partial charge in [-0.3, -0.25) is 4.99 Å². The molecule has 0 heterocycles. The Morgan fingerprint density at radius 1 is 1.21 bits per heavy atom. The third kappa shape index (κ3) is 3.26. The van der Waals surface area contributed by atoms with Crippen molar-refractivity contribution in [3.05, 3.63) is 52.5 Å². The standard InChI is InChI=1S/C15H14ClNO2/c1-10-3-5-14(18)11(7-10)9-17-12-4-6-15(19-2)13(16)8-12/h3-9,18H,1-2H3. The van der Waals surface area contributed by atoms with E-state index in [0.29, 0.717) is 22.0 Å². The topological polar surface area (TPSA) is 41.8 Å². The average molecular weight is 276 g/mol. The first kappa shape index (κ1) is 13.4. The number of rotatable bonds is 3. The van der Waals surface area contributed by atoms with Crippen LogP contribution in [0.5, 0.6) is 11.5 Å². The number of phenols is 1. The maximum absolute atomic E-state index is 9.71. The molecule has 0 spiro atoms. The van der Waals surface area contributed by atoms with E-state index in [2.05, 4.69) is 4.99 Å². The zero-order valence-corrected chi connectivity index (χ0v) is 11.5. The van der Waals surface area contributed by atoms with Crippen molar-refractivity contribution in [2.75, 3.05) is 7.11 Å². The smallest absolute Gasteiger partial charge is 0.137 e. The van der Waals surface area contributed by atoms with Gasteiger partial charge < -0.3 is 9.84 Å². The molecule has 1 N–H and O–H groups in total. The minimum Gasteiger partial charge on any atom is -0.507 e. The first-order valence-corrected chi connectivity index (χ1v) is 6.15. The van der Waals surface area contributed by atoms with Crippen LogP contribution in [0.3, 0.4) is 0 Å². The molecule has 3 nitrogen and oxygen atoms in total. The van der Waals surface area contributed by atoms with Crippen molar-refractivity contribution in [1.82, 2.24) is 0 Å². The van der Waals surface area contributed by atoms with E-state index in [9.17, 15) is 5.11 Å². The number of methoxy groups -OCH3 is 1. The summed E-state index contributed by atoms with van der Waals surface area (Å²) in [7, 11) is 1.56. The Morgan fingerprint density at radius 2 is 2.00 bits per heavy atom. The molecule has 2 aromatic rings. The van der Waals surface area contributed by atoms with Crippen molar-refractivity contribution < 1.29 is 9.84 Å². The van der Waals surface area contributed by atoms with Gasteiger partial charge in [-0.1, -0.05) is 23.2 Å². The molecule has 0 amide bonds. The molecular weight excluding hydrogens is 262 g/mol. The predicted octanol–water partition coefficient (Wildman–Crippen LogP) is 4.11. The number of nitrogens with zero attached hydrogens (tertiary/aromatic N) is 1. The van der Waals surface area contributed by atoms with Gasteiger partial charge in [-0.2, -0.15) is 0 Å². The second-order valence-corrected chi connectivity index (χ2v) is 4.55. The van der Waals surface area contributed by atoms with Gasteiger partial charge in [0.1, 0.15) is 11.5 Å². The zero-order chi connectivity index (χ0) is 13.8. The number of aromatic hydroxyl groups is 1. The molecule has 0 saturated heterocycles. The number of hydrogen-bond acceptors (Lipinski definition) is 3. The summed E-state index contributed by atoms with van der Waals surface area (Å²) in [5.41, 5.74) is 2.44. The van der Waals surface area contributed by atoms with Crippen molar-refractivity contribution in [2.24, 2.45) is 4.99 Å². The molecule has 0 fully saturated rings. The molecule has 98 valence electrons. The van der Waals surface area contributed by atoms with Crippen molar-refractivity contribution >= 4 is 23.5 Å². The SMILES string of the molecule is COc1ccc(N=Cc2cc(C)ccc2O)cc1Cl. The number of aryl methyl sites for hydroxylation is 1. The Bertz CT molecular complexity index is 624. The Hall–Kier alpha value is -2.00. The molecule has 0 saturated carbocycles. The average Bonchev–Trinajstić information content (AvgIpc) is 2.40.